The first-order valence-corrected chi connectivity index (χ1v) is 6.74. The second-order valence-corrected chi connectivity index (χ2v) is 5.10. The van der Waals surface area contributed by atoms with Gasteiger partial charge in [-0.15, -0.1) is 0 Å². The Balaban J connectivity index is 2.37. The summed E-state index contributed by atoms with van der Waals surface area (Å²) in [7, 11) is 0. The SMILES string of the molecule is CC(C)COC(=O)CCC(=O)OCc1cc(F)c(F)cc1F. The van der Waals surface area contributed by atoms with Crippen molar-refractivity contribution >= 4 is 11.9 Å². The van der Waals surface area contributed by atoms with Gasteiger partial charge >= 0.3 is 11.9 Å². The molecule has 0 saturated heterocycles. The second kappa shape index (κ2) is 8.41. The number of carbonyl (C=O) groups is 2. The lowest BCUT2D eigenvalue weighted by Crippen LogP contribution is -2.13. The van der Waals surface area contributed by atoms with E-state index >= 15 is 0 Å². The molecular formula is C15H17F3O4. The van der Waals surface area contributed by atoms with Crippen molar-refractivity contribution in [1.29, 1.82) is 0 Å². The van der Waals surface area contributed by atoms with E-state index in [1.165, 1.54) is 0 Å². The van der Waals surface area contributed by atoms with Crippen LogP contribution < -0.4 is 0 Å². The second-order valence-electron chi connectivity index (χ2n) is 5.10. The lowest BCUT2D eigenvalue weighted by atomic mass is 10.2. The van der Waals surface area contributed by atoms with Gasteiger partial charge in [0.1, 0.15) is 12.4 Å². The van der Waals surface area contributed by atoms with Gasteiger partial charge in [-0.3, -0.25) is 9.59 Å². The molecule has 1 aromatic rings. The van der Waals surface area contributed by atoms with Crippen LogP contribution in [0.2, 0.25) is 0 Å². The van der Waals surface area contributed by atoms with Gasteiger partial charge in [-0.2, -0.15) is 0 Å². The molecule has 122 valence electrons. The summed E-state index contributed by atoms with van der Waals surface area (Å²) in [4.78, 5) is 22.7. The normalized spacial score (nSPS) is 10.6. The molecule has 0 saturated carbocycles. The van der Waals surface area contributed by atoms with Crippen LogP contribution in [0.5, 0.6) is 0 Å². The summed E-state index contributed by atoms with van der Waals surface area (Å²) in [6.45, 7) is 3.46. The molecule has 0 unspecified atom stereocenters. The molecule has 7 heteroatoms. The Morgan fingerprint density at radius 3 is 2.09 bits per heavy atom. The van der Waals surface area contributed by atoms with Crippen molar-refractivity contribution < 1.29 is 32.2 Å². The molecule has 0 aliphatic heterocycles. The van der Waals surface area contributed by atoms with Gasteiger partial charge in [0.05, 0.1) is 19.4 Å². The van der Waals surface area contributed by atoms with Crippen molar-refractivity contribution in [2.75, 3.05) is 6.61 Å². The van der Waals surface area contributed by atoms with E-state index in [0.29, 0.717) is 12.1 Å². The predicted octanol–water partition coefficient (Wildman–Crippen LogP) is 3.13. The summed E-state index contributed by atoms with van der Waals surface area (Å²) in [5.41, 5.74) is -0.283. The smallest absolute Gasteiger partial charge is 0.306 e. The van der Waals surface area contributed by atoms with Gasteiger partial charge in [-0.1, -0.05) is 13.8 Å². The van der Waals surface area contributed by atoms with Crippen molar-refractivity contribution in [2.45, 2.75) is 33.3 Å². The van der Waals surface area contributed by atoms with Crippen LogP contribution in [0, 0.1) is 23.4 Å². The van der Waals surface area contributed by atoms with Crippen LogP contribution >= 0.6 is 0 Å². The minimum Gasteiger partial charge on any atom is -0.465 e. The van der Waals surface area contributed by atoms with E-state index < -0.39 is 36.0 Å². The molecule has 1 rings (SSSR count). The first-order valence-electron chi connectivity index (χ1n) is 6.74. The molecule has 0 aliphatic carbocycles. The number of ether oxygens (including phenoxy) is 2. The summed E-state index contributed by atoms with van der Waals surface area (Å²) >= 11 is 0. The van der Waals surface area contributed by atoms with Crippen molar-refractivity contribution in [3.05, 3.63) is 35.1 Å². The van der Waals surface area contributed by atoms with Gasteiger partial charge in [-0.05, 0) is 12.0 Å². The van der Waals surface area contributed by atoms with Crippen LogP contribution in [-0.2, 0) is 25.7 Å². The molecule has 0 amide bonds. The van der Waals surface area contributed by atoms with E-state index in [1.54, 1.807) is 0 Å². The molecule has 0 atom stereocenters. The molecule has 22 heavy (non-hydrogen) atoms. The van der Waals surface area contributed by atoms with Gasteiger partial charge in [0, 0.05) is 11.6 Å². The van der Waals surface area contributed by atoms with Crippen LogP contribution in [-0.4, -0.2) is 18.5 Å². The maximum atomic E-state index is 13.3. The van der Waals surface area contributed by atoms with E-state index in [4.69, 9.17) is 9.47 Å². The van der Waals surface area contributed by atoms with Crippen LogP contribution in [0.1, 0.15) is 32.3 Å². The highest BCUT2D eigenvalue weighted by atomic mass is 19.2. The van der Waals surface area contributed by atoms with Crippen molar-refractivity contribution in [3.8, 4) is 0 Å². The zero-order valence-corrected chi connectivity index (χ0v) is 12.3. The Labute approximate surface area is 126 Å². The number of carbonyl (C=O) groups excluding carboxylic acids is 2. The fourth-order valence-electron chi connectivity index (χ4n) is 1.44. The number of halogens is 3. The van der Waals surface area contributed by atoms with Crippen LogP contribution in [0.3, 0.4) is 0 Å². The Hall–Kier alpha value is -2.05. The zero-order valence-electron chi connectivity index (χ0n) is 12.3. The predicted molar refractivity (Wildman–Crippen MR) is 71.1 cm³/mol. The van der Waals surface area contributed by atoms with Gasteiger partial charge < -0.3 is 9.47 Å². The molecule has 0 spiro atoms. The third kappa shape index (κ3) is 6.15. The molecule has 0 radical (unpaired) electrons. The minimum atomic E-state index is -1.32. The maximum Gasteiger partial charge on any atom is 0.306 e. The summed E-state index contributed by atoms with van der Waals surface area (Å²) in [5.74, 6) is -4.67. The average Bonchev–Trinajstić information content (AvgIpc) is 2.45. The van der Waals surface area contributed by atoms with E-state index in [1.807, 2.05) is 13.8 Å². The molecule has 0 bridgehead atoms. The van der Waals surface area contributed by atoms with E-state index in [9.17, 15) is 22.8 Å². The Kier molecular flexibility index (Phi) is 6.88. The maximum absolute atomic E-state index is 13.3. The molecular weight excluding hydrogens is 301 g/mol. The molecule has 4 nitrogen and oxygen atoms in total. The van der Waals surface area contributed by atoms with Gasteiger partial charge in [-0.25, -0.2) is 13.2 Å². The van der Waals surface area contributed by atoms with Crippen molar-refractivity contribution in [3.63, 3.8) is 0 Å². The monoisotopic (exact) mass is 318 g/mol. The summed E-state index contributed by atoms with van der Waals surface area (Å²) in [5, 5.41) is 0. The van der Waals surface area contributed by atoms with Crippen LogP contribution in [0.4, 0.5) is 13.2 Å². The summed E-state index contributed by atoms with van der Waals surface area (Å²) in [6, 6.07) is 0.997. The Morgan fingerprint density at radius 2 is 1.50 bits per heavy atom. The lowest BCUT2D eigenvalue weighted by molar-refractivity contribution is -0.151. The molecule has 1 aromatic carbocycles. The standard InChI is InChI=1S/C15H17F3O4/c1-9(2)7-21-14(19)3-4-15(20)22-8-10-5-12(17)13(18)6-11(10)16/h5-6,9H,3-4,7-8H2,1-2H3. The highest BCUT2D eigenvalue weighted by molar-refractivity contribution is 5.77. The topological polar surface area (TPSA) is 52.6 Å². The lowest BCUT2D eigenvalue weighted by Gasteiger charge is -2.08. The highest BCUT2D eigenvalue weighted by Crippen LogP contribution is 2.15. The molecule has 0 N–H and O–H groups in total. The first-order chi connectivity index (χ1) is 10.3. The summed E-state index contributed by atoms with van der Waals surface area (Å²) < 4.78 is 48.5. The molecule has 0 aliphatic rings. The number of benzene rings is 1. The quantitative estimate of drug-likeness (QED) is 0.572. The van der Waals surface area contributed by atoms with E-state index in [-0.39, 0.29) is 30.9 Å². The highest BCUT2D eigenvalue weighted by Gasteiger charge is 2.13. The third-order valence-electron chi connectivity index (χ3n) is 2.59. The number of hydrogen-bond donors (Lipinski definition) is 0. The Bertz CT molecular complexity index is 544. The van der Waals surface area contributed by atoms with Crippen molar-refractivity contribution in [1.82, 2.24) is 0 Å². The van der Waals surface area contributed by atoms with Crippen molar-refractivity contribution in [2.24, 2.45) is 5.92 Å². The summed E-state index contributed by atoms with van der Waals surface area (Å²) in [6.07, 6.45) is -0.395. The number of esters is 2. The number of hydrogen-bond acceptors (Lipinski definition) is 4. The van der Waals surface area contributed by atoms with E-state index in [0.717, 1.165) is 0 Å². The molecule has 0 aromatic heterocycles. The zero-order chi connectivity index (χ0) is 16.7. The van der Waals surface area contributed by atoms with E-state index in [2.05, 4.69) is 0 Å². The fourth-order valence-corrected chi connectivity index (χ4v) is 1.44. The van der Waals surface area contributed by atoms with Crippen LogP contribution in [0.25, 0.3) is 0 Å². The molecule has 0 fully saturated rings. The molecule has 0 heterocycles. The number of rotatable bonds is 7. The van der Waals surface area contributed by atoms with Gasteiger partial charge in [0.15, 0.2) is 11.6 Å². The minimum absolute atomic E-state index is 0.161. The Morgan fingerprint density at radius 1 is 0.955 bits per heavy atom. The van der Waals surface area contributed by atoms with Gasteiger partial charge in [0.2, 0.25) is 0 Å². The average molecular weight is 318 g/mol. The third-order valence-corrected chi connectivity index (χ3v) is 2.59. The van der Waals surface area contributed by atoms with Crippen LogP contribution in [0.15, 0.2) is 12.1 Å². The first kappa shape index (κ1) is 18.0. The largest absolute Gasteiger partial charge is 0.465 e. The fraction of sp³-hybridized carbons (Fsp3) is 0.467. The van der Waals surface area contributed by atoms with Gasteiger partial charge in [0.25, 0.3) is 0 Å².